The van der Waals surface area contributed by atoms with Crippen molar-refractivity contribution in [3.8, 4) is 0 Å². The first kappa shape index (κ1) is 12.6. The lowest BCUT2D eigenvalue weighted by Crippen LogP contribution is -2.40. The number of aliphatic hydroxyl groups is 1. The van der Waals surface area contributed by atoms with Crippen molar-refractivity contribution < 1.29 is 5.11 Å². The molecule has 3 heteroatoms. The Bertz CT molecular complexity index is 312. The molecule has 3 N–H and O–H groups in total. The normalized spacial score (nSPS) is 14.9. The van der Waals surface area contributed by atoms with Gasteiger partial charge in [-0.15, -0.1) is 11.8 Å². The Morgan fingerprint density at radius 2 is 2.07 bits per heavy atom. The third kappa shape index (κ3) is 4.24. The van der Waals surface area contributed by atoms with Crippen molar-refractivity contribution in [3.05, 3.63) is 29.8 Å². The summed E-state index contributed by atoms with van der Waals surface area (Å²) < 4.78 is 0. The number of nitrogens with two attached hydrogens (primary N) is 1. The summed E-state index contributed by atoms with van der Waals surface area (Å²) in [5, 5.41) is 9.01. The van der Waals surface area contributed by atoms with Gasteiger partial charge >= 0.3 is 0 Å². The second-order valence-corrected chi connectivity index (χ2v) is 5.31. The molecule has 0 bridgehead atoms. The van der Waals surface area contributed by atoms with Crippen LogP contribution < -0.4 is 5.73 Å². The second-order valence-electron chi connectivity index (χ2n) is 4.18. The van der Waals surface area contributed by atoms with Crippen LogP contribution in [0.5, 0.6) is 0 Å². The highest BCUT2D eigenvalue weighted by Crippen LogP contribution is 2.23. The summed E-state index contributed by atoms with van der Waals surface area (Å²) in [6, 6.07) is 8.31. The molecule has 0 heterocycles. The van der Waals surface area contributed by atoms with E-state index < -0.39 is 5.54 Å². The number of rotatable bonds is 5. The van der Waals surface area contributed by atoms with Crippen molar-refractivity contribution in [2.24, 2.45) is 5.73 Å². The third-order valence-electron chi connectivity index (χ3n) is 2.39. The van der Waals surface area contributed by atoms with Crippen LogP contribution in [0.15, 0.2) is 29.2 Å². The van der Waals surface area contributed by atoms with Gasteiger partial charge in [-0.3, -0.25) is 0 Å². The number of hydrogen-bond donors (Lipinski definition) is 2. The van der Waals surface area contributed by atoms with Crippen LogP contribution in [0.3, 0.4) is 0 Å². The Morgan fingerprint density at radius 1 is 1.40 bits per heavy atom. The van der Waals surface area contributed by atoms with Gasteiger partial charge in [0.1, 0.15) is 0 Å². The molecule has 0 aliphatic carbocycles. The fourth-order valence-corrected chi connectivity index (χ4v) is 2.45. The van der Waals surface area contributed by atoms with E-state index in [9.17, 15) is 0 Å². The summed E-state index contributed by atoms with van der Waals surface area (Å²) >= 11 is 1.80. The molecule has 1 atom stereocenters. The SMILES string of the molecule is Cc1ccccc1SCCC(C)(N)CO. The lowest BCUT2D eigenvalue weighted by Gasteiger charge is -2.21. The highest BCUT2D eigenvalue weighted by Gasteiger charge is 2.16. The summed E-state index contributed by atoms with van der Waals surface area (Å²) in [4.78, 5) is 1.30. The highest BCUT2D eigenvalue weighted by molar-refractivity contribution is 7.99. The molecule has 0 aliphatic heterocycles. The first-order valence-corrected chi connectivity index (χ1v) is 6.12. The van der Waals surface area contributed by atoms with E-state index in [4.69, 9.17) is 10.8 Å². The van der Waals surface area contributed by atoms with Gasteiger partial charge in [0.05, 0.1) is 6.61 Å². The molecule has 0 aliphatic rings. The Labute approximate surface area is 95.9 Å². The van der Waals surface area contributed by atoms with Gasteiger partial charge < -0.3 is 10.8 Å². The van der Waals surface area contributed by atoms with Crippen molar-refractivity contribution in [2.75, 3.05) is 12.4 Å². The number of benzene rings is 1. The van der Waals surface area contributed by atoms with Gasteiger partial charge in [-0.05, 0) is 37.7 Å². The van der Waals surface area contributed by atoms with E-state index in [0.29, 0.717) is 0 Å². The van der Waals surface area contributed by atoms with E-state index in [1.54, 1.807) is 11.8 Å². The summed E-state index contributed by atoms with van der Waals surface area (Å²) in [7, 11) is 0. The Balaban J connectivity index is 2.42. The summed E-state index contributed by atoms with van der Waals surface area (Å²) in [6.45, 7) is 4.03. The topological polar surface area (TPSA) is 46.2 Å². The van der Waals surface area contributed by atoms with Crippen LogP contribution in [0.2, 0.25) is 0 Å². The summed E-state index contributed by atoms with van der Waals surface area (Å²) in [5.74, 6) is 0.943. The lowest BCUT2D eigenvalue weighted by molar-refractivity contribution is 0.206. The molecule has 1 rings (SSSR count). The number of thioether (sulfide) groups is 1. The molecule has 0 saturated carbocycles. The molecular weight excluding hydrogens is 206 g/mol. The van der Waals surface area contributed by atoms with Crippen LogP contribution in [0.25, 0.3) is 0 Å². The molecule has 15 heavy (non-hydrogen) atoms. The largest absolute Gasteiger partial charge is 0.394 e. The zero-order valence-electron chi connectivity index (χ0n) is 9.36. The van der Waals surface area contributed by atoms with Gasteiger partial charge in [0.15, 0.2) is 0 Å². The average molecular weight is 225 g/mol. The van der Waals surface area contributed by atoms with Crippen LogP contribution in [0, 0.1) is 6.92 Å². The zero-order chi connectivity index (χ0) is 11.3. The van der Waals surface area contributed by atoms with E-state index in [-0.39, 0.29) is 6.61 Å². The maximum absolute atomic E-state index is 9.01. The molecule has 0 saturated heterocycles. The van der Waals surface area contributed by atoms with Crippen LogP contribution in [-0.4, -0.2) is 23.0 Å². The molecule has 1 aromatic carbocycles. The predicted molar refractivity (Wildman–Crippen MR) is 66.2 cm³/mol. The van der Waals surface area contributed by atoms with E-state index >= 15 is 0 Å². The summed E-state index contributed by atoms with van der Waals surface area (Å²) in [5.41, 5.74) is 6.70. The number of aryl methyl sites for hydroxylation is 1. The van der Waals surface area contributed by atoms with Gasteiger partial charge in [-0.25, -0.2) is 0 Å². The molecule has 84 valence electrons. The van der Waals surface area contributed by atoms with Crippen LogP contribution in [0.1, 0.15) is 18.9 Å². The van der Waals surface area contributed by atoms with Gasteiger partial charge in [0, 0.05) is 10.4 Å². The Kier molecular flexibility index (Phi) is 4.64. The van der Waals surface area contributed by atoms with Crippen LogP contribution >= 0.6 is 11.8 Å². The van der Waals surface area contributed by atoms with Crippen molar-refractivity contribution in [1.29, 1.82) is 0 Å². The minimum atomic E-state index is -0.449. The van der Waals surface area contributed by atoms with E-state index in [1.807, 2.05) is 19.1 Å². The monoisotopic (exact) mass is 225 g/mol. The molecule has 2 nitrogen and oxygen atoms in total. The molecular formula is C12H19NOS. The van der Waals surface area contributed by atoms with Crippen LogP contribution in [0.4, 0.5) is 0 Å². The first-order chi connectivity index (χ1) is 7.05. The molecule has 0 fully saturated rings. The van der Waals surface area contributed by atoms with E-state index in [0.717, 1.165) is 12.2 Å². The molecule has 0 aromatic heterocycles. The Morgan fingerprint density at radius 3 is 2.67 bits per heavy atom. The lowest BCUT2D eigenvalue weighted by atomic mass is 10.0. The van der Waals surface area contributed by atoms with Gasteiger partial charge in [-0.2, -0.15) is 0 Å². The van der Waals surface area contributed by atoms with Crippen molar-refractivity contribution >= 4 is 11.8 Å². The summed E-state index contributed by atoms with van der Waals surface area (Å²) in [6.07, 6.45) is 0.822. The minimum absolute atomic E-state index is 0.0430. The molecule has 0 amide bonds. The molecule has 0 radical (unpaired) electrons. The predicted octanol–water partition coefficient (Wildman–Crippen LogP) is 2.19. The van der Waals surface area contributed by atoms with Crippen LogP contribution in [-0.2, 0) is 0 Å². The second kappa shape index (κ2) is 5.54. The highest BCUT2D eigenvalue weighted by atomic mass is 32.2. The zero-order valence-corrected chi connectivity index (χ0v) is 10.2. The van der Waals surface area contributed by atoms with Crippen molar-refractivity contribution in [2.45, 2.75) is 30.7 Å². The third-order valence-corrected chi connectivity index (χ3v) is 3.56. The van der Waals surface area contributed by atoms with Gasteiger partial charge in [0.2, 0.25) is 0 Å². The maximum atomic E-state index is 9.01. The van der Waals surface area contributed by atoms with Crippen molar-refractivity contribution in [3.63, 3.8) is 0 Å². The van der Waals surface area contributed by atoms with Gasteiger partial charge in [-0.1, -0.05) is 18.2 Å². The van der Waals surface area contributed by atoms with Gasteiger partial charge in [0.25, 0.3) is 0 Å². The standard InChI is InChI=1S/C12H19NOS/c1-10-5-3-4-6-11(10)15-8-7-12(2,13)9-14/h3-6,14H,7-9,13H2,1-2H3. The van der Waals surface area contributed by atoms with E-state index in [1.165, 1.54) is 10.5 Å². The molecule has 1 aromatic rings. The fourth-order valence-electron chi connectivity index (χ4n) is 1.19. The van der Waals surface area contributed by atoms with E-state index in [2.05, 4.69) is 19.1 Å². The quantitative estimate of drug-likeness (QED) is 0.755. The molecule has 0 spiro atoms. The fraction of sp³-hybridized carbons (Fsp3) is 0.500. The number of hydrogen-bond acceptors (Lipinski definition) is 3. The average Bonchev–Trinajstić information content (AvgIpc) is 2.21. The molecule has 1 unspecified atom stereocenters. The number of aliphatic hydroxyl groups excluding tert-OH is 1. The minimum Gasteiger partial charge on any atom is -0.394 e. The maximum Gasteiger partial charge on any atom is 0.0608 e. The Hall–Kier alpha value is -0.510. The van der Waals surface area contributed by atoms with Crippen molar-refractivity contribution in [1.82, 2.24) is 0 Å². The smallest absolute Gasteiger partial charge is 0.0608 e. The first-order valence-electron chi connectivity index (χ1n) is 5.13.